The van der Waals surface area contributed by atoms with Gasteiger partial charge in [-0.2, -0.15) is 4.98 Å². The van der Waals surface area contributed by atoms with Crippen LogP contribution < -0.4 is 22.5 Å². The Morgan fingerprint density at radius 1 is 1.56 bits per heavy atom. The Labute approximate surface area is 142 Å². The molecule has 0 bridgehead atoms. The predicted octanol–water partition coefficient (Wildman–Crippen LogP) is -2.08. The summed E-state index contributed by atoms with van der Waals surface area (Å²) in [4.78, 5) is 27.1. The summed E-state index contributed by atoms with van der Waals surface area (Å²) in [6, 6.07) is -0.0359. The van der Waals surface area contributed by atoms with Crippen LogP contribution in [0.15, 0.2) is 17.1 Å². The van der Waals surface area contributed by atoms with Gasteiger partial charge in [-0.25, -0.2) is 9.59 Å². The van der Waals surface area contributed by atoms with Gasteiger partial charge in [-0.3, -0.25) is 4.57 Å². The lowest BCUT2D eigenvalue weighted by Crippen LogP contribution is -2.67. The zero-order valence-electron chi connectivity index (χ0n) is 13.8. The summed E-state index contributed by atoms with van der Waals surface area (Å²) in [5, 5.41) is 13.2. The summed E-state index contributed by atoms with van der Waals surface area (Å²) < 4.78 is 18.1. The van der Waals surface area contributed by atoms with Crippen molar-refractivity contribution in [2.24, 2.45) is 5.73 Å². The van der Waals surface area contributed by atoms with Crippen LogP contribution in [0.1, 0.15) is 13.2 Å². The maximum atomic E-state index is 12.0. The van der Waals surface area contributed by atoms with Gasteiger partial charge in [0.1, 0.15) is 29.7 Å². The lowest BCUT2D eigenvalue weighted by Gasteiger charge is -2.45. The number of carbonyl (C=O) groups is 1. The molecule has 6 N–H and O–H groups in total. The number of ether oxygens (including phenoxy) is 3. The molecule has 2 aliphatic heterocycles. The Bertz CT molecular complexity index is 726. The number of primary amides is 1. The Morgan fingerprint density at radius 2 is 2.28 bits per heavy atom. The molecule has 138 valence electrons. The molecule has 0 saturated carbocycles. The number of nitrogens with zero attached hydrogens (tertiary/aromatic N) is 2. The van der Waals surface area contributed by atoms with Gasteiger partial charge in [-0.05, 0) is 13.0 Å². The second kappa shape index (κ2) is 6.26. The van der Waals surface area contributed by atoms with Crippen molar-refractivity contribution >= 4 is 11.8 Å². The summed E-state index contributed by atoms with van der Waals surface area (Å²) >= 11 is 0. The number of aliphatic hydroxyl groups is 1. The summed E-state index contributed by atoms with van der Waals surface area (Å²) in [7, 11) is 1.47. The van der Waals surface area contributed by atoms with Gasteiger partial charge in [0.2, 0.25) is 0 Å². The van der Waals surface area contributed by atoms with Crippen molar-refractivity contribution in [3.05, 3.63) is 22.7 Å². The molecule has 0 aliphatic carbocycles. The Hall–Kier alpha value is -2.21. The molecule has 0 spiro atoms. The zero-order valence-corrected chi connectivity index (χ0v) is 13.8. The number of aromatic nitrogens is 2. The van der Waals surface area contributed by atoms with Crippen LogP contribution in [-0.4, -0.2) is 64.4 Å². The van der Waals surface area contributed by atoms with E-state index in [1.54, 1.807) is 6.92 Å². The van der Waals surface area contributed by atoms with Crippen molar-refractivity contribution in [2.75, 3.05) is 19.5 Å². The maximum absolute atomic E-state index is 12.0. The quantitative estimate of drug-likeness (QED) is 0.480. The van der Waals surface area contributed by atoms with Crippen LogP contribution in [-0.2, 0) is 14.2 Å². The van der Waals surface area contributed by atoms with E-state index in [4.69, 9.17) is 25.7 Å². The monoisotopic (exact) mass is 355 g/mol. The second-order valence-electron chi connectivity index (χ2n) is 6.30. The molecule has 0 radical (unpaired) electrons. The number of hydrogen-bond acceptors (Lipinski definition) is 8. The topological polar surface area (TPSA) is 164 Å². The van der Waals surface area contributed by atoms with E-state index in [0.717, 1.165) is 4.57 Å². The zero-order chi connectivity index (χ0) is 18.4. The maximum Gasteiger partial charge on any atom is 0.351 e. The van der Waals surface area contributed by atoms with Gasteiger partial charge in [-0.1, -0.05) is 0 Å². The van der Waals surface area contributed by atoms with Crippen LogP contribution in [0.25, 0.3) is 0 Å². The van der Waals surface area contributed by atoms with Crippen molar-refractivity contribution in [1.82, 2.24) is 14.9 Å². The molecular weight excluding hydrogens is 334 g/mol. The molecule has 3 rings (SSSR count). The smallest absolute Gasteiger partial charge is 0.351 e. The van der Waals surface area contributed by atoms with Crippen LogP contribution >= 0.6 is 0 Å². The average Bonchev–Trinajstić information content (AvgIpc) is 2.87. The summed E-state index contributed by atoms with van der Waals surface area (Å²) in [5.41, 5.74) is 9.15. The fourth-order valence-corrected chi connectivity index (χ4v) is 3.26. The highest BCUT2D eigenvalue weighted by atomic mass is 16.6. The molecule has 0 aromatic carbocycles. The highest BCUT2D eigenvalue weighted by Crippen LogP contribution is 2.39. The number of nitrogens with one attached hydrogen (secondary N) is 1. The molecule has 11 heteroatoms. The highest BCUT2D eigenvalue weighted by molar-refractivity contribution is 5.72. The third kappa shape index (κ3) is 2.95. The molecule has 1 aromatic heterocycles. The van der Waals surface area contributed by atoms with Gasteiger partial charge in [-0.15, -0.1) is 0 Å². The highest BCUT2D eigenvalue weighted by Gasteiger charge is 2.58. The largest absolute Gasteiger partial charge is 0.386 e. The third-order valence-corrected chi connectivity index (χ3v) is 4.69. The summed E-state index contributed by atoms with van der Waals surface area (Å²) in [6.07, 6.45) is -2.40. The summed E-state index contributed by atoms with van der Waals surface area (Å²) in [6.45, 7) is 1.82. The van der Waals surface area contributed by atoms with E-state index >= 15 is 0 Å². The van der Waals surface area contributed by atoms with Gasteiger partial charge in [0.15, 0.2) is 6.23 Å². The first kappa shape index (κ1) is 17.6. The number of nitrogens with two attached hydrogens (primary N) is 2. The first-order valence-corrected chi connectivity index (χ1v) is 7.68. The minimum absolute atomic E-state index is 0.0580. The number of hydrogen-bond donors (Lipinski definition) is 4. The van der Waals surface area contributed by atoms with Crippen LogP contribution in [0.5, 0.6) is 0 Å². The van der Waals surface area contributed by atoms with E-state index in [0.29, 0.717) is 0 Å². The normalized spacial score (nSPS) is 37.5. The van der Waals surface area contributed by atoms with Crippen LogP contribution in [0.2, 0.25) is 0 Å². The van der Waals surface area contributed by atoms with Crippen molar-refractivity contribution < 1.29 is 24.1 Å². The first-order valence-electron chi connectivity index (χ1n) is 7.68. The van der Waals surface area contributed by atoms with Gasteiger partial charge in [0.05, 0.1) is 12.6 Å². The SMILES string of the molecule is CO[C@]1(C)CO[C@H]2[C@@H](O)[C@H](n3ccc(N)nc3=O)O[C@@H]2[C@H]1NC(N)=O. The number of fused-ring (bicyclic) bond motifs is 1. The number of rotatable bonds is 3. The minimum Gasteiger partial charge on any atom is -0.386 e. The second-order valence-corrected chi connectivity index (χ2v) is 6.30. The number of carbonyl (C=O) groups excluding carboxylic acids is 1. The number of aliphatic hydroxyl groups excluding tert-OH is 1. The van der Waals surface area contributed by atoms with Crippen LogP contribution in [0.4, 0.5) is 10.6 Å². The number of anilines is 1. The van der Waals surface area contributed by atoms with E-state index in [9.17, 15) is 14.7 Å². The average molecular weight is 355 g/mol. The molecule has 2 fully saturated rings. The van der Waals surface area contributed by atoms with E-state index in [-0.39, 0.29) is 12.4 Å². The molecule has 2 saturated heterocycles. The fraction of sp³-hybridized carbons (Fsp3) is 0.643. The number of nitrogen functional groups attached to an aromatic ring is 1. The van der Waals surface area contributed by atoms with Gasteiger partial charge >= 0.3 is 11.7 Å². The number of amides is 2. The molecule has 6 atom stereocenters. The molecule has 0 unspecified atom stereocenters. The van der Waals surface area contributed by atoms with E-state index in [2.05, 4.69) is 10.3 Å². The molecule has 2 aliphatic rings. The Morgan fingerprint density at radius 3 is 2.88 bits per heavy atom. The fourth-order valence-electron chi connectivity index (χ4n) is 3.26. The van der Waals surface area contributed by atoms with Crippen LogP contribution in [0.3, 0.4) is 0 Å². The van der Waals surface area contributed by atoms with E-state index in [1.165, 1.54) is 19.4 Å². The lowest BCUT2D eigenvalue weighted by atomic mass is 9.86. The van der Waals surface area contributed by atoms with E-state index < -0.39 is 47.9 Å². The Balaban J connectivity index is 1.94. The molecule has 3 heterocycles. The van der Waals surface area contributed by atoms with Crippen molar-refractivity contribution in [2.45, 2.75) is 43.1 Å². The lowest BCUT2D eigenvalue weighted by molar-refractivity contribution is -0.188. The van der Waals surface area contributed by atoms with Crippen molar-refractivity contribution in [3.63, 3.8) is 0 Å². The van der Waals surface area contributed by atoms with Gasteiger partial charge in [0.25, 0.3) is 0 Å². The number of methoxy groups -OCH3 is 1. The number of urea groups is 1. The first-order chi connectivity index (χ1) is 11.8. The van der Waals surface area contributed by atoms with Gasteiger partial charge < -0.3 is 36.1 Å². The van der Waals surface area contributed by atoms with Gasteiger partial charge in [0, 0.05) is 13.3 Å². The van der Waals surface area contributed by atoms with Crippen LogP contribution in [0, 0.1) is 0 Å². The minimum atomic E-state index is -1.16. The third-order valence-electron chi connectivity index (χ3n) is 4.69. The van der Waals surface area contributed by atoms with Crippen molar-refractivity contribution in [3.8, 4) is 0 Å². The predicted molar refractivity (Wildman–Crippen MR) is 84.5 cm³/mol. The molecule has 2 amide bonds. The summed E-state index contributed by atoms with van der Waals surface area (Å²) in [5.74, 6) is 0.0580. The van der Waals surface area contributed by atoms with E-state index in [1.807, 2.05) is 0 Å². The standard InChI is InChI=1S/C14H21N5O6/c1-14(23-2)5-24-8-7(20)11(19-4-3-6(15)17-13(19)22)25-9(8)10(14)18-12(16)21/h3-4,7-11,20H,5H2,1-2H3,(H2,15,17,22)(H3,16,18,21)/t7-,8+,9+,10-,11-,14-/m1/s1. The molecule has 25 heavy (non-hydrogen) atoms. The Kier molecular flexibility index (Phi) is 4.41. The van der Waals surface area contributed by atoms with Crippen molar-refractivity contribution in [1.29, 1.82) is 0 Å². The molecule has 11 nitrogen and oxygen atoms in total. The molecular formula is C14H21N5O6. The molecule has 1 aromatic rings.